The first-order valence-electron chi connectivity index (χ1n) is 5.19. The van der Waals surface area contributed by atoms with Gasteiger partial charge in [0.2, 0.25) is 10.0 Å². The summed E-state index contributed by atoms with van der Waals surface area (Å²) in [5.41, 5.74) is -1.07. The van der Waals surface area contributed by atoms with Crippen LogP contribution in [0.2, 0.25) is 0 Å². The van der Waals surface area contributed by atoms with E-state index in [1.807, 2.05) is 0 Å². The Balaban J connectivity index is 2.41. The van der Waals surface area contributed by atoms with Gasteiger partial charge in [-0.1, -0.05) is 0 Å². The molecule has 1 heterocycles. The second-order valence-corrected chi connectivity index (χ2v) is 5.33. The van der Waals surface area contributed by atoms with Gasteiger partial charge < -0.3 is 15.3 Å². The van der Waals surface area contributed by atoms with E-state index in [0.717, 1.165) is 24.4 Å². The third-order valence-electron chi connectivity index (χ3n) is 2.34. The molecule has 0 bridgehead atoms. The molecule has 0 spiro atoms. The average molecular weight is 300 g/mol. The number of rotatable bonds is 3. The first-order chi connectivity index (χ1) is 9.27. The van der Waals surface area contributed by atoms with Gasteiger partial charge in [0.15, 0.2) is 0 Å². The number of nitrogens with one attached hydrogen (secondary N) is 3. The monoisotopic (exact) mass is 300 g/mol. The second-order valence-electron chi connectivity index (χ2n) is 3.80. The van der Waals surface area contributed by atoms with Gasteiger partial charge in [0.25, 0.3) is 5.91 Å². The number of imidazole rings is 1. The number of aromatic nitrogens is 2. The van der Waals surface area contributed by atoms with Gasteiger partial charge in [-0.05, 0) is 18.2 Å². The number of sulfonamides is 1. The minimum absolute atomic E-state index is 0.139. The van der Waals surface area contributed by atoms with E-state index in [1.165, 1.54) is 0 Å². The van der Waals surface area contributed by atoms with Crippen molar-refractivity contribution in [1.29, 1.82) is 0 Å². The van der Waals surface area contributed by atoms with Crippen LogP contribution in [0.4, 0.5) is 10.1 Å². The Morgan fingerprint density at radius 2 is 2.05 bits per heavy atom. The fourth-order valence-corrected chi connectivity index (χ4v) is 2.17. The van der Waals surface area contributed by atoms with E-state index in [1.54, 1.807) is 0 Å². The predicted octanol–water partition coefficient (Wildman–Crippen LogP) is -0.258. The molecule has 0 fully saturated rings. The summed E-state index contributed by atoms with van der Waals surface area (Å²) in [6, 6.07) is 2.64. The predicted molar refractivity (Wildman–Crippen MR) is 67.1 cm³/mol. The number of amides is 1. The van der Waals surface area contributed by atoms with E-state index in [9.17, 15) is 22.4 Å². The van der Waals surface area contributed by atoms with Gasteiger partial charge in [-0.15, -0.1) is 0 Å². The van der Waals surface area contributed by atoms with Crippen LogP contribution >= 0.6 is 0 Å². The van der Waals surface area contributed by atoms with Crippen LogP contribution in [0.25, 0.3) is 0 Å². The van der Waals surface area contributed by atoms with E-state index >= 15 is 0 Å². The minimum atomic E-state index is -4.13. The number of anilines is 1. The Kier molecular flexibility index (Phi) is 3.42. The summed E-state index contributed by atoms with van der Waals surface area (Å²) in [6.45, 7) is 0. The molecule has 0 aliphatic carbocycles. The highest BCUT2D eigenvalue weighted by atomic mass is 32.2. The number of benzene rings is 1. The molecule has 8 nitrogen and oxygen atoms in total. The fraction of sp³-hybridized carbons (Fsp3) is 0. The average Bonchev–Trinajstić information content (AvgIpc) is 2.74. The lowest BCUT2D eigenvalue weighted by atomic mass is 10.3. The molecule has 5 N–H and O–H groups in total. The smallest absolute Gasteiger partial charge is 0.319 e. The summed E-state index contributed by atoms with van der Waals surface area (Å²) >= 11 is 0. The maximum absolute atomic E-state index is 13.1. The molecular weight excluding hydrogens is 291 g/mol. The first-order valence-corrected chi connectivity index (χ1v) is 6.73. The Hall–Kier alpha value is -2.46. The van der Waals surface area contributed by atoms with Gasteiger partial charge in [0, 0.05) is 6.20 Å². The van der Waals surface area contributed by atoms with Crippen molar-refractivity contribution in [3.05, 3.63) is 46.4 Å². The van der Waals surface area contributed by atoms with Gasteiger partial charge in [0.05, 0.1) is 5.69 Å². The maximum atomic E-state index is 13.1. The highest BCUT2D eigenvalue weighted by Gasteiger charge is 2.18. The first kappa shape index (κ1) is 14.0. The van der Waals surface area contributed by atoms with Crippen LogP contribution in [0.1, 0.15) is 10.5 Å². The number of hydrogen-bond acceptors (Lipinski definition) is 4. The van der Waals surface area contributed by atoms with Crippen molar-refractivity contribution in [3.63, 3.8) is 0 Å². The molecule has 0 saturated heterocycles. The molecular formula is C10H9FN4O4S. The molecule has 106 valence electrons. The lowest BCUT2D eigenvalue weighted by Crippen LogP contribution is -2.19. The number of primary sulfonamides is 1. The van der Waals surface area contributed by atoms with E-state index < -0.39 is 32.3 Å². The maximum Gasteiger partial charge on any atom is 0.323 e. The van der Waals surface area contributed by atoms with Gasteiger partial charge in [0.1, 0.15) is 16.4 Å². The molecule has 0 saturated carbocycles. The molecule has 1 amide bonds. The lowest BCUT2D eigenvalue weighted by Gasteiger charge is -2.08. The summed E-state index contributed by atoms with van der Waals surface area (Å²) in [5.74, 6) is -1.57. The van der Waals surface area contributed by atoms with E-state index in [4.69, 9.17) is 5.14 Å². The number of hydrogen-bond donors (Lipinski definition) is 4. The van der Waals surface area contributed by atoms with E-state index in [-0.39, 0.29) is 11.4 Å². The number of halogens is 1. The summed E-state index contributed by atoms with van der Waals surface area (Å²) in [5, 5.41) is 7.12. The molecule has 2 rings (SSSR count). The summed E-state index contributed by atoms with van der Waals surface area (Å²) < 4.78 is 35.8. The second kappa shape index (κ2) is 4.90. The third-order valence-corrected chi connectivity index (χ3v) is 3.31. The minimum Gasteiger partial charge on any atom is -0.319 e. The van der Waals surface area contributed by atoms with Gasteiger partial charge in [-0.3, -0.25) is 4.79 Å². The van der Waals surface area contributed by atoms with Crippen LogP contribution in [-0.2, 0) is 10.0 Å². The summed E-state index contributed by atoms with van der Waals surface area (Å²) in [7, 11) is -4.13. The van der Waals surface area contributed by atoms with Crippen LogP contribution in [0.15, 0.2) is 34.1 Å². The lowest BCUT2D eigenvalue weighted by molar-refractivity contribution is 0.102. The van der Waals surface area contributed by atoms with Crippen molar-refractivity contribution in [1.82, 2.24) is 9.97 Å². The standard InChI is InChI=1S/C10H9FN4O4S/c11-5-1-2-8(20(12,18)19)6(3-5)14-9(16)7-4-13-10(17)15-7/h1-4H,(H,14,16)(H2,12,18,19)(H2,13,15,17). The highest BCUT2D eigenvalue weighted by Crippen LogP contribution is 2.21. The summed E-state index contributed by atoms with van der Waals surface area (Å²) in [4.78, 5) is 26.6. The molecule has 1 aromatic carbocycles. The van der Waals surface area contributed by atoms with Crippen molar-refractivity contribution >= 4 is 21.6 Å². The zero-order valence-electron chi connectivity index (χ0n) is 9.81. The SMILES string of the molecule is NS(=O)(=O)c1ccc(F)cc1NC(=O)c1c[nH]c(=O)[nH]1. The van der Waals surface area contributed by atoms with Crippen molar-refractivity contribution in [3.8, 4) is 0 Å². The highest BCUT2D eigenvalue weighted by molar-refractivity contribution is 7.89. The largest absolute Gasteiger partial charge is 0.323 e. The molecule has 0 aliphatic rings. The van der Waals surface area contributed by atoms with Crippen molar-refractivity contribution in [2.75, 3.05) is 5.32 Å². The topological polar surface area (TPSA) is 138 Å². The van der Waals surface area contributed by atoms with Crippen LogP contribution in [0.5, 0.6) is 0 Å². The Morgan fingerprint density at radius 1 is 1.35 bits per heavy atom. The van der Waals surface area contributed by atoms with Crippen LogP contribution in [0.3, 0.4) is 0 Å². The number of H-pyrrole nitrogens is 2. The molecule has 0 aliphatic heterocycles. The van der Waals surface area contributed by atoms with E-state index in [2.05, 4.69) is 15.3 Å². The van der Waals surface area contributed by atoms with Crippen molar-refractivity contribution < 1.29 is 17.6 Å². The molecule has 0 unspecified atom stereocenters. The summed E-state index contributed by atoms with van der Waals surface area (Å²) in [6.07, 6.45) is 1.09. The number of carbonyl (C=O) groups excluding carboxylic acids is 1. The van der Waals surface area contributed by atoms with E-state index in [0.29, 0.717) is 0 Å². The molecule has 0 radical (unpaired) electrons. The molecule has 1 aromatic heterocycles. The fourth-order valence-electron chi connectivity index (χ4n) is 1.49. The quantitative estimate of drug-likeness (QED) is 0.620. The zero-order chi connectivity index (χ0) is 14.9. The van der Waals surface area contributed by atoms with Gasteiger partial charge in [-0.2, -0.15) is 0 Å². The van der Waals surface area contributed by atoms with Crippen LogP contribution in [0, 0.1) is 5.82 Å². The van der Waals surface area contributed by atoms with Crippen molar-refractivity contribution in [2.24, 2.45) is 5.14 Å². The Bertz CT molecular complexity index is 824. The zero-order valence-corrected chi connectivity index (χ0v) is 10.6. The number of nitrogens with two attached hydrogens (primary N) is 1. The van der Waals surface area contributed by atoms with Crippen LogP contribution in [-0.4, -0.2) is 24.3 Å². The molecule has 0 atom stereocenters. The van der Waals surface area contributed by atoms with Crippen LogP contribution < -0.4 is 16.1 Å². The molecule has 2 aromatic rings. The van der Waals surface area contributed by atoms with Gasteiger partial charge >= 0.3 is 5.69 Å². The Labute approximate surface area is 111 Å². The molecule has 10 heteroatoms. The third kappa shape index (κ3) is 2.92. The molecule has 20 heavy (non-hydrogen) atoms. The van der Waals surface area contributed by atoms with Crippen molar-refractivity contribution in [2.45, 2.75) is 4.90 Å². The number of aromatic amines is 2. The number of carbonyl (C=O) groups is 1. The normalized spacial score (nSPS) is 11.3. The van der Waals surface area contributed by atoms with Gasteiger partial charge in [-0.25, -0.2) is 22.7 Å². The Morgan fingerprint density at radius 3 is 2.60 bits per heavy atom.